The van der Waals surface area contributed by atoms with Crippen molar-refractivity contribution in [1.82, 2.24) is 25.2 Å². The molecule has 1 amide bonds. The Morgan fingerprint density at radius 2 is 1.97 bits per heavy atom. The molecule has 0 atom stereocenters. The van der Waals surface area contributed by atoms with E-state index in [1.54, 1.807) is 0 Å². The molecule has 0 unspecified atom stereocenters. The molecule has 0 aliphatic heterocycles. The Hall–Kier alpha value is -2.96. The number of para-hydroxylation sites is 1. The number of hydrogen-bond acceptors (Lipinski definition) is 7. The van der Waals surface area contributed by atoms with Gasteiger partial charge in [0.2, 0.25) is 11.1 Å². The van der Waals surface area contributed by atoms with Crippen molar-refractivity contribution < 1.29 is 18.0 Å². The van der Waals surface area contributed by atoms with Gasteiger partial charge in [-0.1, -0.05) is 47.6 Å². The maximum atomic E-state index is 13.1. The number of carbonyl (C=O) groups excluding carboxylic acids is 1. The van der Waals surface area contributed by atoms with Crippen molar-refractivity contribution in [1.29, 1.82) is 0 Å². The molecule has 0 fully saturated rings. The molecule has 2 aromatic carbocycles. The van der Waals surface area contributed by atoms with Crippen LogP contribution in [0.4, 0.5) is 18.3 Å². The number of aromatic nitrogens is 5. The van der Waals surface area contributed by atoms with E-state index in [0.717, 1.165) is 23.5 Å². The van der Waals surface area contributed by atoms with Gasteiger partial charge in [0.15, 0.2) is 5.13 Å². The van der Waals surface area contributed by atoms with E-state index in [4.69, 9.17) is 11.6 Å². The number of hydrogen-bond donors (Lipinski definition) is 1. The zero-order chi connectivity index (χ0) is 23.4. The van der Waals surface area contributed by atoms with Gasteiger partial charge < -0.3 is 5.32 Å². The van der Waals surface area contributed by atoms with Gasteiger partial charge in [-0.2, -0.15) is 17.9 Å². The Labute approximate surface area is 199 Å². The molecule has 0 bridgehead atoms. The summed E-state index contributed by atoms with van der Waals surface area (Å²) in [6.07, 6.45) is -2.78. The topological polar surface area (TPSA) is 85.6 Å². The molecule has 170 valence electrons. The molecule has 0 spiro atoms. The SMILES string of the molecule is O=C(CSc1nnnn1-c1ccccc1)Nc1ncc(Cc2ccc(Cl)c(C(F)(F)F)c2)s1. The number of alkyl halides is 3. The number of rotatable bonds is 7. The quantitative estimate of drug-likeness (QED) is 0.348. The van der Waals surface area contributed by atoms with Gasteiger partial charge in [-0.25, -0.2) is 4.98 Å². The minimum atomic E-state index is -4.53. The van der Waals surface area contributed by atoms with Gasteiger partial charge in [0.1, 0.15) is 0 Å². The number of anilines is 1. The van der Waals surface area contributed by atoms with Crippen molar-refractivity contribution in [3.8, 4) is 5.69 Å². The van der Waals surface area contributed by atoms with Gasteiger partial charge in [-0.15, -0.1) is 16.4 Å². The van der Waals surface area contributed by atoms with Gasteiger partial charge in [-0.05, 0) is 40.3 Å². The largest absolute Gasteiger partial charge is 0.417 e. The first kappa shape index (κ1) is 23.2. The molecular formula is C20H14ClF3N6OS2. The molecule has 13 heteroatoms. The van der Waals surface area contributed by atoms with Gasteiger partial charge in [0.25, 0.3) is 0 Å². The van der Waals surface area contributed by atoms with Crippen molar-refractivity contribution in [2.45, 2.75) is 17.8 Å². The molecule has 0 radical (unpaired) electrons. The van der Waals surface area contributed by atoms with E-state index < -0.39 is 11.7 Å². The third-order valence-corrected chi connectivity index (χ3v) is 6.45. The van der Waals surface area contributed by atoms with Crippen molar-refractivity contribution in [3.05, 3.63) is 75.8 Å². The summed E-state index contributed by atoms with van der Waals surface area (Å²) in [6.45, 7) is 0. The predicted octanol–water partition coefficient (Wildman–Crippen LogP) is 5.11. The Morgan fingerprint density at radius 1 is 1.18 bits per heavy atom. The maximum Gasteiger partial charge on any atom is 0.417 e. The first-order valence-corrected chi connectivity index (χ1v) is 11.5. The molecule has 33 heavy (non-hydrogen) atoms. The molecule has 0 saturated carbocycles. The smallest absolute Gasteiger partial charge is 0.301 e. The van der Waals surface area contributed by atoms with Crippen LogP contribution in [0.25, 0.3) is 5.69 Å². The number of thiazole rings is 1. The Morgan fingerprint density at radius 3 is 2.73 bits per heavy atom. The predicted molar refractivity (Wildman–Crippen MR) is 120 cm³/mol. The minimum Gasteiger partial charge on any atom is -0.301 e. The highest BCUT2D eigenvalue weighted by Crippen LogP contribution is 2.35. The summed E-state index contributed by atoms with van der Waals surface area (Å²) in [5.41, 5.74) is 0.331. The molecule has 2 aromatic heterocycles. The third-order valence-electron chi connectivity index (χ3n) is 4.29. The number of nitrogens with zero attached hydrogens (tertiary/aromatic N) is 5. The molecule has 0 aliphatic rings. The van der Waals surface area contributed by atoms with E-state index in [1.807, 2.05) is 30.3 Å². The summed E-state index contributed by atoms with van der Waals surface area (Å²) in [4.78, 5) is 17.2. The maximum absolute atomic E-state index is 13.1. The van der Waals surface area contributed by atoms with Crippen LogP contribution < -0.4 is 5.32 Å². The van der Waals surface area contributed by atoms with Crippen LogP contribution in [0.3, 0.4) is 0 Å². The zero-order valence-electron chi connectivity index (χ0n) is 16.6. The number of nitrogens with one attached hydrogen (secondary N) is 1. The fraction of sp³-hybridized carbons (Fsp3) is 0.150. The summed E-state index contributed by atoms with van der Waals surface area (Å²) < 4.78 is 40.7. The van der Waals surface area contributed by atoms with Crippen molar-refractivity contribution in [2.24, 2.45) is 0 Å². The summed E-state index contributed by atoms with van der Waals surface area (Å²) >= 11 is 8.01. The van der Waals surface area contributed by atoms with Crippen molar-refractivity contribution in [2.75, 3.05) is 11.1 Å². The normalized spacial score (nSPS) is 11.5. The van der Waals surface area contributed by atoms with Crippen LogP contribution in [0.5, 0.6) is 0 Å². The highest BCUT2D eigenvalue weighted by molar-refractivity contribution is 7.99. The first-order valence-electron chi connectivity index (χ1n) is 9.36. The second kappa shape index (κ2) is 9.89. The second-order valence-electron chi connectivity index (χ2n) is 6.67. The van der Waals surface area contributed by atoms with Crippen LogP contribution in [0, 0.1) is 0 Å². The van der Waals surface area contributed by atoms with Crippen molar-refractivity contribution >= 4 is 45.7 Å². The Bertz CT molecular complexity index is 1260. The number of thioether (sulfide) groups is 1. The summed E-state index contributed by atoms with van der Waals surface area (Å²) in [7, 11) is 0. The lowest BCUT2D eigenvalue weighted by Crippen LogP contribution is -2.14. The van der Waals surface area contributed by atoms with E-state index in [-0.39, 0.29) is 23.1 Å². The zero-order valence-corrected chi connectivity index (χ0v) is 19.0. The van der Waals surface area contributed by atoms with E-state index in [2.05, 4.69) is 25.8 Å². The van der Waals surface area contributed by atoms with Gasteiger partial charge in [0.05, 0.1) is 22.0 Å². The molecule has 2 heterocycles. The highest BCUT2D eigenvalue weighted by atomic mass is 35.5. The fourth-order valence-electron chi connectivity index (χ4n) is 2.83. The number of benzene rings is 2. The van der Waals surface area contributed by atoms with Crippen LogP contribution >= 0.6 is 34.7 Å². The third kappa shape index (κ3) is 5.89. The van der Waals surface area contributed by atoms with Gasteiger partial charge in [0, 0.05) is 17.5 Å². The Kier molecular flexibility index (Phi) is 6.96. The molecule has 0 saturated heterocycles. The summed E-state index contributed by atoms with van der Waals surface area (Å²) in [5.74, 6) is -0.261. The van der Waals surface area contributed by atoms with Gasteiger partial charge in [-0.3, -0.25) is 4.79 Å². The molecule has 0 aliphatic carbocycles. The molecule has 4 aromatic rings. The van der Waals surface area contributed by atoms with Crippen LogP contribution in [0.1, 0.15) is 16.0 Å². The molecule has 7 nitrogen and oxygen atoms in total. The Balaban J connectivity index is 1.35. The molecule has 4 rings (SSSR count). The monoisotopic (exact) mass is 510 g/mol. The van der Waals surface area contributed by atoms with E-state index in [9.17, 15) is 18.0 Å². The van der Waals surface area contributed by atoms with Crippen LogP contribution in [-0.2, 0) is 17.4 Å². The summed E-state index contributed by atoms with van der Waals surface area (Å²) in [6, 6.07) is 13.0. The minimum absolute atomic E-state index is 0.0498. The van der Waals surface area contributed by atoms with E-state index in [1.165, 1.54) is 34.3 Å². The van der Waals surface area contributed by atoms with Crippen LogP contribution in [0.2, 0.25) is 5.02 Å². The van der Waals surface area contributed by atoms with Crippen molar-refractivity contribution in [3.63, 3.8) is 0 Å². The van der Waals surface area contributed by atoms with E-state index in [0.29, 0.717) is 20.7 Å². The average Bonchev–Trinajstić information content (AvgIpc) is 3.43. The first-order chi connectivity index (χ1) is 15.8. The second-order valence-corrected chi connectivity index (χ2v) is 9.13. The van der Waals surface area contributed by atoms with Crippen LogP contribution in [-0.4, -0.2) is 36.9 Å². The number of halogens is 4. The lowest BCUT2D eigenvalue weighted by Gasteiger charge is -2.10. The van der Waals surface area contributed by atoms with Gasteiger partial charge >= 0.3 is 6.18 Å². The number of tetrazole rings is 1. The molecule has 1 N–H and O–H groups in total. The van der Waals surface area contributed by atoms with Crippen LogP contribution in [0.15, 0.2) is 59.9 Å². The van der Waals surface area contributed by atoms with E-state index >= 15 is 0 Å². The highest BCUT2D eigenvalue weighted by Gasteiger charge is 2.33. The number of carbonyl (C=O) groups is 1. The number of amides is 1. The summed E-state index contributed by atoms with van der Waals surface area (Å²) in [5, 5.41) is 14.7. The lowest BCUT2D eigenvalue weighted by molar-refractivity contribution is -0.137. The molecular weight excluding hydrogens is 497 g/mol. The fourth-order valence-corrected chi connectivity index (χ4v) is 4.61. The standard InChI is InChI=1S/C20H14ClF3N6OS2/c21-16-7-6-12(9-15(16)20(22,23)24)8-14-10-25-18(33-14)26-17(31)11-32-19-27-28-29-30(19)13-4-2-1-3-5-13/h1-7,9-10H,8,11H2,(H,25,26,31). The average molecular weight is 511 g/mol. The lowest BCUT2D eigenvalue weighted by atomic mass is 10.1.